The normalized spacial score (nSPS) is 27.0. The van der Waals surface area contributed by atoms with E-state index >= 15 is 0 Å². The molecule has 28 heavy (non-hydrogen) atoms. The lowest BCUT2D eigenvalue weighted by atomic mass is 9.89. The van der Waals surface area contributed by atoms with E-state index in [0.717, 1.165) is 32.0 Å². The first-order chi connectivity index (χ1) is 12.8. The summed E-state index contributed by atoms with van der Waals surface area (Å²) < 4.78 is 29.8. The summed E-state index contributed by atoms with van der Waals surface area (Å²) in [5.41, 5.74) is 1.21. The van der Waals surface area contributed by atoms with Crippen LogP contribution >= 0.6 is 24.0 Å². The molecule has 0 saturated carbocycles. The Morgan fingerprint density at radius 3 is 2.68 bits per heavy atom. The third-order valence-electron chi connectivity index (χ3n) is 5.65. The minimum Gasteiger partial charge on any atom is -0.373 e. The summed E-state index contributed by atoms with van der Waals surface area (Å²) in [6.07, 6.45) is 2.25. The monoisotopic (exact) mass is 521 g/mol. The van der Waals surface area contributed by atoms with Gasteiger partial charge in [-0.05, 0) is 32.3 Å². The molecule has 2 heterocycles. The maximum absolute atomic E-state index is 12.3. The Hall–Kier alpha value is -0.870. The summed E-state index contributed by atoms with van der Waals surface area (Å²) >= 11 is 0. The molecule has 2 fully saturated rings. The molecular formula is C20H32IN3O3S. The summed E-state index contributed by atoms with van der Waals surface area (Å²) in [6, 6.07) is 10.4. The van der Waals surface area contributed by atoms with Crippen molar-refractivity contribution in [3.05, 3.63) is 35.9 Å². The van der Waals surface area contributed by atoms with Gasteiger partial charge in [0.1, 0.15) is 0 Å². The van der Waals surface area contributed by atoms with E-state index in [1.165, 1.54) is 5.56 Å². The highest BCUT2D eigenvalue weighted by atomic mass is 127. The largest absolute Gasteiger partial charge is 0.373 e. The van der Waals surface area contributed by atoms with Crippen LogP contribution in [-0.4, -0.2) is 63.1 Å². The number of guanidine groups is 1. The van der Waals surface area contributed by atoms with Crippen molar-refractivity contribution in [2.45, 2.75) is 37.5 Å². The fraction of sp³-hybridized carbons (Fsp3) is 0.650. The first-order valence-corrected chi connectivity index (χ1v) is 11.3. The van der Waals surface area contributed by atoms with Crippen LogP contribution in [0.25, 0.3) is 0 Å². The lowest BCUT2D eigenvalue weighted by Crippen LogP contribution is -2.57. The van der Waals surface area contributed by atoms with Crippen molar-refractivity contribution < 1.29 is 13.2 Å². The second-order valence-corrected chi connectivity index (χ2v) is 10.8. The molecule has 158 valence electrons. The van der Waals surface area contributed by atoms with Crippen molar-refractivity contribution in [1.82, 2.24) is 10.2 Å². The Labute approximate surface area is 186 Å². The molecule has 1 aromatic carbocycles. The zero-order chi connectivity index (χ0) is 19.5. The Bertz CT molecular complexity index is 768. The number of nitrogens with one attached hydrogen (secondary N) is 1. The highest BCUT2D eigenvalue weighted by molar-refractivity contribution is 14.0. The molecule has 0 amide bonds. The summed E-state index contributed by atoms with van der Waals surface area (Å²) in [7, 11) is -1.31. The number of hydrogen-bond acceptors (Lipinski definition) is 4. The highest BCUT2D eigenvalue weighted by Gasteiger charge is 2.41. The third kappa shape index (κ3) is 5.18. The zero-order valence-electron chi connectivity index (χ0n) is 16.9. The van der Waals surface area contributed by atoms with E-state index < -0.39 is 14.6 Å². The lowest BCUT2D eigenvalue weighted by Gasteiger charge is -2.40. The molecule has 1 N–H and O–H groups in total. The number of halogens is 1. The average Bonchev–Trinajstić information content (AvgIpc) is 2.66. The van der Waals surface area contributed by atoms with Gasteiger partial charge in [0, 0.05) is 39.2 Å². The molecule has 2 saturated heterocycles. The van der Waals surface area contributed by atoms with E-state index in [9.17, 15) is 8.42 Å². The van der Waals surface area contributed by atoms with Crippen LogP contribution < -0.4 is 5.32 Å². The number of benzene rings is 1. The summed E-state index contributed by atoms with van der Waals surface area (Å²) in [5.74, 6) is 1.30. The molecule has 0 aliphatic carbocycles. The molecule has 1 aromatic rings. The molecule has 2 aliphatic rings. The summed E-state index contributed by atoms with van der Waals surface area (Å²) in [6.45, 7) is 6.08. The van der Waals surface area contributed by atoms with Gasteiger partial charge in [-0.2, -0.15) is 0 Å². The van der Waals surface area contributed by atoms with Crippen LogP contribution in [-0.2, 0) is 14.6 Å². The number of rotatable bonds is 3. The molecule has 6 nitrogen and oxygen atoms in total. The number of sulfone groups is 1. The standard InChI is InChI=1S/C20H31N3O3S.HI/c1-20(2)15-23(11-13-27(20,24)25)19(21-3)22-14-17-10-7-12-26-18(17)16-8-5-4-6-9-16;/h4-6,8-9,17-18H,7,10-15H2,1-3H3,(H,21,22);1H. The summed E-state index contributed by atoms with van der Waals surface area (Å²) in [5, 5.41) is 3.47. The topological polar surface area (TPSA) is 71.0 Å². The van der Waals surface area contributed by atoms with Crippen molar-refractivity contribution in [2.75, 3.05) is 39.0 Å². The number of aliphatic imine (C=N–C) groups is 1. The van der Waals surface area contributed by atoms with Crippen LogP contribution in [0.4, 0.5) is 0 Å². The lowest BCUT2D eigenvalue weighted by molar-refractivity contribution is -0.0266. The molecule has 0 radical (unpaired) electrons. The highest BCUT2D eigenvalue weighted by Crippen LogP contribution is 2.33. The molecule has 3 rings (SSSR count). The van der Waals surface area contributed by atoms with E-state index in [1.54, 1.807) is 20.9 Å². The van der Waals surface area contributed by atoms with Gasteiger partial charge in [0.25, 0.3) is 0 Å². The van der Waals surface area contributed by atoms with Crippen LogP contribution in [0, 0.1) is 5.92 Å². The first-order valence-electron chi connectivity index (χ1n) is 9.68. The first kappa shape index (κ1) is 23.4. The van der Waals surface area contributed by atoms with Crippen LogP contribution in [0.3, 0.4) is 0 Å². The number of nitrogens with zero attached hydrogens (tertiary/aromatic N) is 2. The van der Waals surface area contributed by atoms with E-state index in [0.29, 0.717) is 19.0 Å². The maximum Gasteiger partial charge on any atom is 0.193 e. The maximum atomic E-state index is 12.3. The second kappa shape index (κ2) is 9.75. The SMILES string of the molecule is CN=C(NCC1CCCOC1c1ccccc1)N1CCS(=O)(=O)C(C)(C)C1.I. The van der Waals surface area contributed by atoms with Crippen molar-refractivity contribution in [3.8, 4) is 0 Å². The van der Waals surface area contributed by atoms with Gasteiger partial charge in [-0.25, -0.2) is 8.42 Å². The van der Waals surface area contributed by atoms with Crippen molar-refractivity contribution in [1.29, 1.82) is 0 Å². The van der Waals surface area contributed by atoms with Crippen LogP contribution in [0.1, 0.15) is 38.4 Å². The fourth-order valence-corrected chi connectivity index (χ4v) is 5.31. The Kier molecular flexibility index (Phi) is 8.16. The van der Waals surface area contributed by atoms with Gasteiger partial charge in [-0.15, -0.1) is 24.0 Å². The van der Waals surface area contributed by atoms with Gasteiger partial charge in [0.05, 0.1) is 16.6 Å². The molecule has 2 unspecified atom stereocenters. The predicted molar refractivity (Wildman–Crippen MR) is 124 cm³/mol. The van der Waals surface area contributed by atoms with Crippen LogP contribution in [0.2, 0.25) is 0 Å². The number of hydrogen-bond donors (Lipinski definition) is 1. The smallest absolute Gasteiger partial charge is 0.193 e. The van der Waals surface area contributed by atoms with Crippen LogP contribution in [0.15, 0.2) is 35.3 Å². The number of ether oxygens (including phenoxy) is 1. The molecule has 2 aliphatic heterocycles. The Balaban J connectivity index is 0.00000280. The van der Waals surface area contributed by atoms with E-state index in [4.69, 9.17) is 4.74 Å². The van der Waals surface area contributed by atoms with Gasteiger partial charge in [0.15, 0.2) is 15.8 Å². The van der Waals surface area contributed by atoms with Gasteiger partial charge in [0.2, 0.25) is 0 Å². The predicted octanol–water partition coefficient (Wildman–Crippen LogP) is 2.86. The van der Waals surface area contributed by atoms with Gasteiger partial charge in [-0.1, -0.05) is 30.3 Å². The van der Waals surface area contributed by atoms with Gasteiger partial charge >= 0.3 is 0 Å². The fourth-order valence-electron chi connectivity index (χ4n) is 3.94. The summed E-state index contributed by atoms with van der Waals surface area (Å²) in [4.78, 5) is 6.46. The van der Waals surface area contributed by atoms with Gasteiger partial charge in [-0.3, -0.25) is 4.99 Å². The average molecular weight is 521 g/mol. The minimum absolute atomic E-state index is 0. The van der Waals surface area contributed by atoms with Crippen molar-refractivity contribution in [2.24, 2.45) is 10.9 Å². The van der Waals surface area contributed by atoms with E-state index in [-0.39, 0.29) is 35.8 Å². The third-order valence-corrected chi connectivity index (χ3v) is 8.18. The molecule has 0 spiro atoms. The Morgan fingerprint density at radius 1 is 1.32 bits per heavy atom. The molecule has 0 bridgehead atoms. The second-order valence-electron chi connectivity index (χ2n) is 8.03. The van der Waals surface area contributed by atoms with Crippen molar-refractivity contribution in [3.63, 3.8) is 0 Å². The molecule has 0 aromatic heterocycles. The molecule has 8 heteroatoms. The van der Waals surface area contributed by atoms with E-state index in [1.807, 2.05) is 18.2 Å². The minimum atomic E-state index is -3.06. The Morgan fingerprint density at radius 2 is 2.04 bits per heavy atom. The zero-order valence-corrected chi connectivity index (χ0v) is 20.1. The molecule has 2 atom stereocenters. The van der Waals surface area contributed by atoms with Crippen LogP contribution in [0.5, 0.6) is 0 Å². The molecular weight excluding hydrogens is 489 g/mol. The van der Waals surface area contributed by atoms with Crippen molar-refractivity contribution >= 4 is 39.8 Å². The van der Waals surface area contributed by atoms with E-state index in [2.05, 4.69) is 27.3 Å². The quantitative estimate of drug-likeness (QED) is 0.377. The van der Waals surface area contributed by atoms with Gasteiger partial charge < -0.3 is 15.0 Å².